The number of rotatable bonds is 1. The van der Waals surface area contributed by atoms with Gasteiger partial charge in [-0.15, -0.1) is 0 Å². The van der Waals surface area contributed by atoms with E-state index in [1.54, 1.807) is 0 Å². The molecule has 0 aliphatic heterocycles. The van der Waals surface area contributed by atoms with Gasteiger partial charge in [-0.25, -0.2) is 9.59 Å². The minimum absolute atomic E-state index is 1.26. The highest BCUT2D eigenvalue weighted by Gasteiger charge is 1.77. The van der Waals surface area contributed by atoms with Gasteiger partial charge in [0.25, 0.3) is 0 Å². The van der Waals surface area contributed by atoms with Crippen LogP contribution in [0.25, 0.3) is 6.08 Å². The normalized spacial score (nSPS) is 8.29. The molecule has 94 valence electrons. The SMILES string of the molecule is CC=Cc1ccccc1.O=C(O)O.O=C(O)O. The topological polar surface area (TPSA) is 115 Å². The first-order valence-electron chi connectivity index (χ1n) is 4.41. The van der Waals surface area contributed by atoms with Gasteiger partial charge in [0.2, 0.25) is 0 Å². The predicted molar refractivity (Wildman–Crippen MR) is 62.5 cm³/mol. The average molecular weight is 242 g/mol. The summed E-state index contributed by atoms with van der Waals surface area (Å²) < 4.78 is 0. The Kier molecular flexibility index (Phi) is 11.5. The number of carbonyl (C=O) groups is 2. The molecule has 1 rings (SSSR count). The van der Waals surface area contributed by atoms with Crippen molar-refractivity contribution in [2.75, 3.05) is 0 Å². The molecular formula is C11H14O6. The Labute approximate surface area is 98.1 Å². The summed E-state index contributed by atoms with van der Waals surface area (Å²) in [5.41, 5.74) is 1.26. The van der Waals surface area contributed by atoms with Gasteiger partial charge in [-0.05, 0) is 12.5 Å². The third kappa shape index (κ3) is 24.7. The van der Waals surface area contributed by atoms with Gasteiger partial charge in [0.15, 0.2) is 0 Å². The summed E-state index contributed by atoms with van der Waals surface area (Å²) in [6.45, 7) is 2.02. The van der Waals surface area contributed by atoms with Crippen molar-refractivity contribution in [3.8, 4) is 0 Å². The Morgan fingerprint density at radius 1 is 0.941 bits per heavy atom. The maximum atomic E-state index is 8.56. The Morgan fingerprint density at radius 3 is 1.59 bits per heavy atom. The van der Waals surface area contributed by atoms with E-state index in [-0.39, 0.29) is 0 Å². The lowest BCUT2D eigenvalue weighted by Gasteiger charge is -1.86. The van der Waals surface area contributed by atoms with Crippen LogP contribution in [-0.4, -0.2) is 32.7 Å². The van der Waals surface area contributed by atoms with Gasteiger partial charge in [-0.3, -0.25) is 0 Å². The van der Waals surface area contributed by atoms with Gasteiger partial charge in [-0.1, -0.05) is 42.5 Å². The third-order valence-corrected chi connectivity index (χ3v) is 1.16. The average Bonchev–Trinajstić information content (AvgIpc) is 2.18. The number of hydrogen-bond acceptors (Lipinski definition) is 2. The summed E-state index contributed by atoms with van der Waals surface area (Å²) in [6.07, 6.45) is 0.454. The highest BCUT2D eigenvalue weighted by atomic mass is 16.6. The second kappa shape index (κ2) is 11.6. The molecule has 0 aliphatic carbocycles. The predicted octanol–water partition coefficient (Wildman–Crippen LogP) is 3.16. The molecule has 0 spiro atoms. The zero-order valence-electron chi connectivity index (χ0n) is 9.15. The van der Waals surface area contributed by atoms with Crippen LogP contribution in [0, 0.1) is 0 Å². The molecule has 0 saturated carbocycles. The van der Waals surface area contributed by atoms with Crippen molar-refractivity contribution in [1.29, 1.82) is 0 Å². The standard InChI is InChI=1S/C9H10.2CH2O3/c1-2-6-9-7-4-3-5-8-9;2*2-1(3)4/h2-8H,1H3;2*(H2,2,3,4). The second-order valence-corrected chi connectivity index (χ2v) is 2.48. The van der Waals surface area contributed by atoms with E-state index < -0.39 is 12.3 Å². The van der Waals surface area contributed by atoms with E-state index in [4.69, 9.17) is 30.0 Å². The first-order chi connectivity index (χ1) is 7.90. The summed E-state index contributed by atoms with van der Waals surface area (Å²) >= 11 is 0. The Balaban J connectivity index is 0. The van der Waals surface area contributed by atoms with Crippen molar-refractivity contribution in [3.05, 3.63) is 42.0 Å². The number of hydrogen-bond donors (Lipinski definition) is 4. The maximum absolute atomic E-state index is 8.56. The lowest BCUT2D eigenvalue weighted by atomic mass is 10.2. The third-order valence-electron chi connectivity index (χ3n) is 1.16. The molecule has 0 aromatic heterocycles. The molecule has 0 unspecified atom stereocenters. The van der Waals surface area contributed by atoms with E-state index in [2.05, 4.69) is 18.2 Å². The monoisotopic (exact) mass is 242 g/mol. The van der Waals surface area contributed by atoms with Crippen LogP contribution in [0.15, 0.2) is 36.4 Å². The van der Waals surface area contributed by atoms with Gasteiger partial charge < -0.3 is 20.4 Å². The van der Waals surface area contributed by atoms with Crippen LogP contribution in [0.1, 0.15) is 12.5 Å². The van der Waals surface area contributed by atoms with Crippen LogP contribution in [0.3, 0.4) is 0 Å². The summed E-state index contributed by atoms with van der Waals surface area (Å²) in [6, 6.07) is 10.3. The molecule has 0 bridgehead atoms. The summed E-state index contributed by atoms with van der Waals surface area (Å²) in [5.74, 6) is 0. The molecule has 17 heavy (non-hydrogen) atoms. The number of benzene rings is 1. The number of carboxylic acid groups (broad SMARTS) is 4. The lowest BCUT2D eigenvalue weighted by molar-refractivity contribution is 0.135. The molecule has 6 heteroatoms. The van der Waals surface area contributed by atoms with Crippen LogP contribution in [0.4, 0.5) is 9.59 Å². The van der Waals surface area contributed by atoms with Crippen molar-refractivity contribution < 1.29 is 30.0 Å². The van der Waals surface area contributed by atoms with E-state index in [0.717, 1.165) is 0 Å². The Morgan fingerprint density at radius 2 is 1.29 bits per heavy atom. The molecule has 6 nitrogen and oxygen atoms in total. The molecule has 4 N–H and O–H groups in total. The van der Waals surface area contributed by atoms with Crippen LogP contribution in [0.5, 0.6) is 0 Å². The smallest absolute Gasteiger partial charge is 0.450 e. The fourth-order valence-electron chi connectivity index (χ4n) is 0.757. The van der Waals surface area contributed by atoms with Crippen LogP contribution in [0.2, 0.25) is 0 Å². The number of allylic oxidation sites excluding steroid dienone is 1. The van der Waals surface area contributed by atoms with E-state index in [0.29, 0.717) is 0 Å². The zero-order chi connectivity index (χ0) is 13.7. The summed E-state index contributed by atoms with van der Waals surface area (Å²) in [4.78, 5) is 17.1. The van der Waals surface area contributed by atoms with Gasteiger partial charge in [0.05, 0.1) is 0 Å². The highest BCUT2D eigenvalue weighted by molar-refractivity contribution is 5.53. The van der Waals surface area contributed by atoms with Gasteiger partial charge in [-0.2, -0.15) is 0 Å². The van der Waals surface area contributed by atoms with Crippen LogP contribution in [-0.2, 0) is 0 Å². The van der Waals surface area contributed by atoms with Crippen molar-refractivity contribution in [2.45, 2.75) is 6.92 Å². The van der Waals surface area contributed by atoms with Crippen LogP contribution < -0.4 is 0 Å². The van der Waals surface area contributed by atoms with Crippen molar-refractivity contribution in [1.82, 2.24) is 0 Å². The lowest BCUT2D eigenvalue weighted by Crippen LogP contribution is -1.81. The van der Waals surface area contributed by atoms with Crippen molar-refractivity contribution in [2.24, 2.45) is 0 Å². The quantitative estimate of drug-likeness (QED) is 0.601. The van der Waals surface area contributed by atoms with E-state index >= 15 is 0 Å². The summed E-state index contributed by atoms with van der Waals surface area (Å²) in [5, 5.41) is 27.9. The molecule has 0 aliphatic rings. The van der Waals surface area contributed by atoms with Crippen LogP contribution >= 0.6 is 0 Å². The molecule has 1 aromatic rings. The molecule has 0 radical (unpaired) electrons. The van der Waals surface area contributed by atoms with E-state index in [1.807, 2.05) is 31.2 Å². The molecule has 0 saturated heterocycles. The molecule has 0 fully saturated rings. The van der Waals surface area contributed by atoms with Crippen molar-refractivity contribution in [3.63, 3.8) is 0 Å². The summed E-state index contributed by atoms with van der Waals surface area (Å²) in [7, 11) is 0. The van der Waals surface area contributed by atoms with Crippen molar-refractivity contribution >= 4 is 18.4 Å². The molecule has 0 heterocycles. The van der Waals surface area contributed by atoms with Gasteiger partial charge in [0, 0.05) is 0 Å². The fourth-order valence-corrected chi connectivity index (χ4v) is 0.757. The van der Waals surface area contributed by atoms with E-state index in [1.165, 1.54) is 5.56 Å². The fraction of sp³-hybridized carbons (Fsp3) is 0.0909. The van der Waals surface area contributed by atoms with Gasteiger partial charge >= 0.3 is 12.3 Å². The zero-order valence-corrected chi connectivity index (χ0v) is 9.15. The second-order valence-electron chi connectivity index (χ2n) is 2.48. The minimum atomic E-state index is -1.83. The minimum Gasteiger partial charge on any atom is -0.450 e. The maximum Gasteiger partial charge on any atom is 0.503 e. The Hall–Kier alpha value is -2.50. The first kappa shape index (κ1) is 16.9. The molecule has 1 aromatic carbocycles. The highest BCUT2D eigenvalue weighted by Crippen LogP contribution is 1.99. The first-order valence-corrected chi connectivity index (χ1v) is 4.41. The van der Waals surface area contributed by atoms with Gasteiger partial charge in [0.1, 0.15) is 0 Å². The molecule has 0 atom stereocenters. The molecule has 0 amide bonds. The van der Waals surface area contributed by atoms with E-state index in [9.17, 15) is 0 Å². The Bertz CT molecular complexity index is 324. The molecular weight excluding hydrogens is 228 g/mol. The largest absolute Gasteiger partial charge is 0.503 e.